The van der Waals surface area contributed by atoms with Gasteiger partial charge in [-0.3, -0.25) is 9.05 Å². The Hall–Kier alpha value is 0.1000. The molecular formula is C6H14O11P2. The third-order valence-electron chi connectivity index (χ3n) is 2.28. The van der Waals surface area contributed by atoms with Gasteiger partial charge in [0.25, 0.3) is 0 Å². The summed E-state index contributed by atoms with van der Waals surface area (Å²) >= 11 is 0. The van der Waals surface area contributed by atoms with Gasteiger partial charge < -0.3 is 34.5 Å². The third kappa shape index (κ3) is 5.94. The van der Waals surface area contributed by atoms with E-state index in [0.717, 1.165) is 0 Å². The molecule has 1 heterocycles. The predicted molar refractivity (Wildman–Crippen MR) is 56.7 cm³/mol. The number of phosphoric ester groups is 2. The summed E-state index contributed by atoms with van der Waals surface area (Å²) in [6, 6.07) is 0. The molecule has 1 aliphatic heterocycles. The average Bonchev–Trinajstić information content (AvgIpc) is 2.49. The van der Waals surface area contributed by atoms with Gasteiger partial charge in [0.15, 0.2) is 0 Å². The fourth-order valence-electron chi connectivity index (χ4n) is 1.44. The lowest BCUT2D eigenvalue weighted by Crippen LogP contribution is -2.35. The van der Waals surface area contributed by atoms with E-state index >= 15 is 0 Å². The van der Waals surface area contributed by atoms with E-state index in [0.29, 0.717) is 0 Å². The molecule has 0 unspecified atom stereocenters. The Morgan fingerprint density at radius 3 is 1.42 bits per heavy atom. The van der Waals surface area contributed by atoms with Crippen LogP contribution in [0.2, 0.25) is 0 Å². The SMILES string of the molecule is O=P(O)(O)OC[C@@H]1O[C@@H](COP(=O)(O)O)[C@@H](O)[C@H]1O. The van der Waals surface area contributed by atoms with Crippen LogP contribution in [-0.2, 0) is 22.9 Å². The Morgan fingerprint density at radius 1 is 0.842 bits per heavy atom. The molecule has 0 aromatic carbocycles. The molecule has 0 saturated carbocycles. The normalized spacial score (nSPS) is 32.7. The molecule has 4 atom stereocenters. The number of rotatable bonds is 6. The van der Waals surface area contributed by atoms with Gasteiger partial charge in [-0.2, -0.15) is 0 Å². The summed E-state index contributed by atoms with van der Waals surface area (Å²) in [4.78, 5) is 33.9. The van der Waals surface area contributed by atoms with Crippen molar-refractivity contribution in [2.45, 2.75) is 24.4 Å². The van der Waals surface area contributed by atoms with Crippen molar-refractivity contribution in [3.05, 3.63) is 0 Å². The fourth-order valence-corrected chi connectivity index (χ4v) is 2.12. The van der Waals surface area contributed by atoms with Gasteiger partial charge in [-0.25, -0.2) is 9.13 Å². The van der Waals surface area contributed by atoms with Gasteiger partial charge in [-0.1, -0.05) is 0 Å². The molecule has 6 N–H and O–H groups in total. The molecule has 1 aliphatic rings. The zero-order valence-electron chi connectivity index (χ0n) is 9.34. The molecule has 11 nitrogen and oxygen atoms in total. The molecule has 0 amide bonds. The molecule has 13 heteroatoms. The highest BCUT2D eigenvalue weighted by Gasteiger charge is 2.44. The summed E-state index contributed by atoms with van der Waals surface area (Å²) in [7, 11) is -9.51. The van der Waals surface area contributed by atoms with Crippen LogP contribution in [0.4, 0.5) is 0 Å². The molecule has 114 valence electrons. The van der Waals surface area contributed by atoms with Crippen molar-refractivity contribution >= 4 is 15.6 Å². The van der Waals surface area contributed by atoms with E-state index in [2.05, 4.69) is 9.05 Å². The highest BCUT2D eigenvalue weighted by molar-refractivity contribution is 7.46. The number of hydrogen-bond donors (Lipinski definition) is 6. The maximum absolute atomic E-state index is 10.5. The van der Waals surface area contributed by atoms with Crippen LogP contribution in [0.15, 0.2) is 0 Å². The molecule has 1 rings (SSSR count). The van der Waals surface area contributed by atoms with Crippen LogP contribution in [0.1, 0.15) is 0 Å². The van der Waals surface area contributed by atoms with Gasteiger partial charge in [0.05, 0.1) is 13.2 Å². The first-order chi connectivity index (χ1) is 8.49. The van der Waals surface area contributed by atoms with Crippen molar-refractivity contribution in [2.75, 3.05) is 13.2 Å². The summed E-state index contributed by atoms with van der Waals surface area (Å²) in [6.45, 7) is -1.40. The fraction of sp³-hybridized carbons (Fsp3) is 1.00. The number of hydrogen-bond acceptors (Lipinski definition) is 7. The zero-order valence-corrected chi connectivity index (χ0v) is 11.1. The summed E-state index contributed by atoms with van der Waals surface area (Å²) in [5.74, 6) is 0. The average molecular weight is 324 g/mol. The molecule has 0 aromatic rings. The van der Waals surface area contributed by atoms with Crippen LogP contribution in [0.5, 0.6) is 0 Å². The summed E-state index contributed by atoms with van der Waals surface area (Å²) in [6.07, 6.45) is -5.57. The van der Waals surface area contributed by atoms with Crippen LogP contribution >= 0.6 is 15.6 Å². The monoisotopic (exact) mass is 324 g/mol. The second-order valence-corrected chi connectivity index (χ2v) is 6.25. The van der Waals surface area contributed by atoms with E-state index in [4.69, 9.17) is 24.3 Å². The quantitative estimate of drug-likeness (QED) is 0.289. The van der Waals surface area contributed by atoms with Crippen molar-refractivity contribution < 1.29 is 52.7 Å². The second kappa shape index (κ2) is 6.25. The minimum Gasteiger partial charge on any atom is -0.388 e. The van der Waals surface area contributed by atoms with Gasteiger partial charge in [0, 0.05) is 0 Å². The number of phosphoric acid groups is 2. The highest BCUT2D eigenvalue weighted by atomic mass is 31.2. The highest BCUT2D eigenvalue weighted by Crippen LogP contribution is 2.39. The predicted octanol–water partition coefficient (Wildman–Crippen LogP) is -2.31. The number of ether oxygens (including phenoxy) is 1. The second-order valence-electron chi connectivity index (χ2n) is 3.77. The van der Waals surface area contributed by atoms with Gasteiger partial charge in [0.2, 0.25) is 0 Å². The molecule has 0 bridgehead atoms. The van der Waals surface area contributed by atoms with Crippen LogP contribution in [-0.4, -0.2) is 67.4 Å². The minimum atomic E-state index is -4.75. The van der Waals surface area contributed by atoms with E-state index in [-0.39, 0.29) is 0 Å². The molecule has 0 radical (unpaired) electrons. The Kier molecular flexibility index (Phi) is 5.64. The first-order valence-corrected chi connectivity index (χ1v) is 7.97. The lowest BCUT2D eigenvalue weighted by molar-refractivity contribution is -0.0382. The molecule has 19 heavy (non-hydrogen) atoms. The molecule has 1 fully saturated rings. The molecule has 1 saturated heterocycles. The Bertz CT molecular complexity index is 351. The third-order valence-corrected chi connectivity index (χ3v) is 3.25. The number of aliphatic hydroxyl groups excluding tert-OH is 2. The zero-order chi connectivity index (χ0) is 14.8. The van der Waals surface area contributed by atoms with Crippen molar-refractivity contribution in [2.24, 2.45) is 0 Å². The topological polar surface area (TPSA) is 183 Å². The van der Waals surface area contributed by atoms with Crippen molar-refractivity contribution in [1.82, 2.24) is 0 Å². The summed E-state index contributed by atoms with van der Waals surface area (Å²) in [5.41, 5.74) is 0. The Morgan fingerprint density at radius 2 is 1.16 bits per heavy atom. The van der Waals surface area contributed by atoms with Crippen LogP contribution < -0.4 is 0 Å². The van der Waals surface area contributed by atoms with Crippen LogP contribution in [0, 0.1) is 0 Å². The van der Waals surface area contributed by atoms with Gasteiger partial charge in [-0.05, 0) is 0 Å². The van der Waals surface area contributed by atoms with Crippen molar-refractivity contribution in [3.8, 4) is 0 Å². The maximum atomic E-state index is 10.5. The van der Waals surface area contributed by atoms with E-state index in [1.54, 1.807) is 0 Å². The summed E-state index contributed by atoms with van der Waals surface area (Å²) < 4.78 is 34.1. The van der Waals surface area contributed by atoms with Crippen LogP contribution in [0.25, 0.3) is 0 Å². The molecule has 0 spiro atoms. The first-order valence-electron chi connectivity index (χ1n) is 4.91. The first kappa shape index (κ1) is 17.2. The van der Waals surface area contributed by atoms with Crippen molar-refractivity contribution in [1.29, 1.82) is 0 Å². The van der Waals surface area contributed by atoms with E-state index in [9.17, 15) is 19.3 Å². The van der Waals surface area contributed by atoms with E-state index < -0.39 is 53.3 Å². The van der Waals surface area contributed by atoms with Crippen LogP contribution in [0.3, 0.4) is 0 Å². The standard InChI is InChI=1S/C6H14O11P2/c7-5-3(1-15-18(9,10)11)17-4(6(5)8)2-16-19(12,13)14/h3-8H,1-2H2,(H2,9,10,11)(H2,12,13,14)/t3-,4-,5-,6+/m0/s1. The Balaban J connectivity index is 2.51. The largest absolute Gasteiger partial charge is 0.469 e. The smallest absolute Gasteiger partial charge is 0.388 e. The maximum Gasteiger partial charge on any atom is 0.469 e. The van der Waals surface area contributed by atoms with Gasteiger partial charge in [0.1, 0.15) is 24.4 Å². The lowest BCUT2D eigenvalue weighted by Gasteiger charge is -2.15. The summed E-state index contributed by atoms with van der Waals surface area (Å²) in [5, 5.41) is 19.0. The van der Waals surface area contributed by atoms with E-state index in [1.165, 1.54) is 0 Å². The van der Waals surface area contributed by atoms with E-state index in [1.807, 2.05) is 0 Å². The Labute approximate surface area is 107 Å². The van der Waals surface area contributed by atoms with Crippen molar-refractivity contribution in [3.63, 3.8) is 0 Å². The van der Waals surface area contributed by atoms with Gasteiger partial charge in [-0.15, -0.1) is 0 Å². The molecule has 0 aromatic heterocycles. The lowest BCUT2D eigenvalue weighted by atomic mass is 10.1. The van der Waals surface area contributed by atoms with Gasteiger partial charge >= 0.3 is 15.6 Å². The molecular weight excluding hydrogens is 310 g/mol. The number of aliphatic hydroxyl groups is 2. The minimum absolute atomic E-state index is 0.699. The molecule has 0 aliphatic carbocycles.